The fourth-order valence-electron chi connectivity index (χ4n) is 4.01. The van der Waals surface area contributed by atoms with Crippen molar-refractivity contribution in [3.8, 4) is 0 Å². The molecule has 1 atom stereocenters. The maximum absolute atomic E-state index is 14.7. The van der Waals surface area contributed by atoms with Crippen molar-refractivity contribution in [2.24, 2.45) is 0 Å². The second kappa shape index (κ2) is 8.83. The molecule has 1 aliphatic rings. The number of hydrogen-bond acceptors (Lipinski definition) is 3. The molecular formula is C23H24FN3O2S. The molecule has 3 heterocycles. The topological polar surface area (TPSA) is 45.6 Å². The van der Waals surface area contributed by atoms with Crippen molar-refractivity contribution in [3.05, 3.63) is 82.1 Å². The van der Waals surface area contributed by atoms with Gasteiger partial charge in [-0.1, -0.05) is 31.2 Å². The van der Waals surface area contributed by atoms with Gasteiger partial charge in [0.15, 0.2) is 0 Å². The van der Waals surface area contributed by atoms with Gasteiger partial charge in [0.25, 0.3) is 5.91 Å². The molecule has 2 aromatic heterocycles. The van der Waals surface area contributed by atoms with Gasteiger partial charge in [0.2, 0.25) is 5.91 Å². The zero-order chi connectivity index (χ0) is 21.1. The first kappa shape index (κ1) is 20.3. The van der Waals surface area contributed by atoms with Crippen LogP contribution in [0.5, 0.6) is 0 Å². The van der Waals surface area contributed by atoms with Crippen LogP contribution in [-0.2, 0) is 11.3 Å². The van der Waals surface area contributed by atoms with E-state index in [9.17, 15) is 14.0 Å². The summed E-state index contributed by atoms with van der Waals surface area (Å²) in [5.74, 6) is -0.646. The standard InChI is InChI=1S/C23H24FN3O2S/c1-2-11-26(23(29)20-10-6-15-30-20)16-21(28)27-14-13-25-12-5-9-19(25)22(27)17-7-3-4-8-18(17)24/h3-10,12,15,22H,2,11,13-14,16H2,1H3. The van der Waals surface area contributed by atoms with Crippen LogP contribution >= 0.6 is 11.3 Å². The van der Waals surface area contributed by atoms with Gasteiger partial charge < -0.3 is 14.4 Å². The van der Waals surface area contributed by atoms with Crippen LogP contribution < -0.4 is 0 Å². The van der Waals surface area contributed by atoms with E-state index in [1.807, 2.05) is 36.7 Å². The molecule has 0 saturated carbocycles. The van der Waals surface area contributed by atoms with Gasteiger partial charge in [0, 0.05) is 37.1 Å². The first-order chi connectivity index (χ1) is 14.6. The molecule has 0 radical (unpaired) electrons. The minimum absolute atomic E-state index is 0.0176. The summed E-state index contributed by atoms with van der Waals surface area (Å²) in [5.41, 5.74) is 1.35. The van der Waals surface area contributed by atoms with Crippen LogP contribution in [0.3, 0.4) is 0 Å². The Bertz CT molecular complexity index is 1030. The smallest absolute Gasteiger partial charge is 0.264 e. The molecule has 0 spiro atoms. The van der Waals surface area contributed by atoms with Crippen LogP contribution in [0, 0.1) is 5.82 Å². The summed E-state index contributed by atoms with van der Waals surface area (Å²) in [6, 6.07) is 13.5. The minimum Gasteiger partial charge on any atom is -0.348 e. The molecule has 1 unspecified atom stereocenters. The quantitative estimate of drug-likeness (QED) is 0.595. The summed E-state index contributed by atoms with van der Waals surface area (Å²) >= 11 is 1.37. The molecule has 0 aliphatic carbocycles. The lowest BCUT2D eigenvalue weighted by atomic mass is 9.99. The van der Waals surface area contributed by atoms with Crippen molar-refractivity contribution in [2.45, 2.75) is 25.9 Å². The zero-order valence-electron chi connectivity index (χ0n) is 16.8. The Morgan fingerprint density at radius 1 is 1.13 bits per heavy atom. The highest BCUT2D eigenvalue weighted by molar-refractivity contribution is 7.12. The molecule has 5 nitrogen and oxygen atoms in total. The second-order valence-electron chi connectivity index (χ2n) is 7.34. The largest absolute Gasteiger partial charge is 0.348 e. The summed E-state index contributed by atoms with van der Waals surface area (Å²) in [7, 11) is 0. The number of halogens is 1. The number of aromatic nitrogens is 1. The fourth-order valence-corrected chi connectivity index (χ4v) is 4.70. The molecule has 30 heavy (non-hydrogen) atoms. The Labute approximate surface area is 179 Å². The van der Waals surface area contributed by atoms with Gasteiger partial charge in [-0.3, -0.25) is 9.59 Å². The number of carbonyl (C=O) groups is 2. The van der Waals surface area contributed by atoms with Crippen molar-refractivity contribution in [2.75, 3.05) is 19.6 Å². The Kier molecular flexibility index (Phi) is 5.99. The SMILES string of the molecule is CCCN(CC(=O)N1CCn2cccc2C1c1ccccc1F)C(=O)c1cccs1. The molecule has 1 aromatic carbocycles. The third-order valence-electron chi connectivity index (χ3n) is 5.40. The lowest BCUT2D eigenvalue weighted by Gasteiger charge is -2.38. The van der Waals surface area contributed by atoms with Gasteiger partial charge in [-0.15, -0.1) is 11.3 Å². The Hall–Kier alpha value is -2.93. The highest BCUT2D eigenvalue weighted by atomic mass is 32.1. The second-order valence-corrected chi connectivity index (χ2v) is 8.29. The van der Waals surface area contributed by atoms with Crippen molar-refractivity contribution in [1.29, 1.82) is 0 Å². The monoisotopic (exact) mass is 425 g/mol. The molecule has 1 aliphatic heterocycles. The Morgan fingerprint density at radius 3 is 2.70 bits per heavy atom. The summed E-state index contributed by atoms with van der Waals surface area (Å²) < 4.78 is 16.8. The Balaban J connectivity index is 1.63. The molecule has 0 N–H and O–H groups in total. The van der Waals surface area contributed by atoms with Crippen LogP contribution in [-0.4, -0.2) is 45.8 Å². The van der Waals surface area contributed by atoms with Crippen molar-refractivity contribution in [3.63, 3.8) is 0 Å². The number of nitrogens with zero attached hydrogens (tertiary/aromatic N) is 3. The van der Waals surface area contributed by atoms with Crippen molar-refractivity contribution < 1.29 is 14.0 Å². The number of benzene rings is 1. The summed E-state index contributed by atoms with van der Waals surface area (Å²) in [6.45, 7) is 3.57. The van der Waals surface area contributed by atoms with E-state index in [4.69, 9.17) is 0 Å². The van der Waals surface area contributed by atoms with Crippen molar-refractivity contribution in [1.82, 2.24) is 14.4 Å². The van der Waals surface area contributed by atoms with Gasteiger partial charge in [-0.05, 0) is 36.1 Å². The van der Waals surface area contributed by atoms with E-state index in [1.54, 1.807) is 34.1 Å². The van der Waals surface area contributed by atoms with E-state index in [0.717, 1.165) is 12.1 Å². The number of rotatable bonds is 6. The third kappa shape index (κ3) is 3.89. The lowest BCUT2D eigenvalue weighted by molar-refractivity contribution is -0.134. The lowest BCUT2D eigenvalue weighted by Crippen LogP contribution is -2.48. The van der Waals surface area contributed by atoms with Gasteiger partial charge in [0.1, 0.15) is 18.4 Å². The van der Waals surface area contributed by atoms with Gasteiger partial charge >= 0.3 is 0 Å². The summed E-state index contributed by atoms with van der Waals surface area (Å²) in [4.78, 5) is 30.2. The van der Waals surface area contributed by atoms with Crippen molar-refractivity contribution >= 4 is 23.2 Å². The number of hydrogen-bond donors (Lipinski definition) is 0. The highest BCUT2D eigenvalue weighted by Gasteiger charge is 2.34. The Morgan fingerprint density at radius 2 is 1.97 bits per heavy atom. The molecule has 0 bridgehead atoms. The number of carbonyl (C=O) groups excluding carboxylic acids is 2. The molecule has 2 amide bonds. The number of fused-ring (bicyclic) bond motifs is 1. The first-order valence-corrected chi connectivity index (χ1v) is 11.0. The normalized spacial score (nSPS) is 15.7. The predicted molar refractivity (Wildman–Crippen MR) is 115 cm³/mol. The molecule has 0 fully saturated rings. The van der Waals surface area contributed by atoms with Gasteiger partial charge in [0.05, 0.1) is 4.88 Å². The molecule has 3 aromatic rings. The molecular weight excluding hydrogens is 401 g/mol. The minimum atomic E-state index is -0.511. The average Bonchev–Trinajstić information content (AvgIpc) is 3.44. The molecule has 7 heteroatoms. The van der Waals surface area contributed by atoms with E-state index in [-0.39, 0.29) is 24.2 Å². The van der Waals surface area contributed by atoms with Crippen LogP contribution in [0.2, 0.25) is 0 Å². The molecule has 4 rings (SSSR count). The van der Waals surface area contributed by atoms with Gasteiger partial charge in [-0.2, -0.15) is 0 Å². The first-order valence-electron chi connectivity index (χ1n) is 10.1. The fraction of sp³-hybridized carbons (Fsp3) is 0.304. The van der Waals surface area contributed by atoms with E-state index in [1.165, 1.54) is 17.4 Å². The van der Waals surface area contributed by atoms with E-state index in [0.29, 0.717) is 30.1 Å². The predicted octanol–water partition coefficient (Wildman–Crippen LogP) is 4.17. The van der Waals surface area contributed by atoms with Crippen LogP contribution in [0.1, 0.15) is 40.3 Å². The van der Waals surface area contributed by atoms with Crippen LogP contribution in [0.15, 0.2) is 60.1 Å². The summed E-state index contributed by atoms with van der Waals surface area (Å²) in [6.07, 6.45) is 2.71. The van der Waals surface area contributed by atoms with E-state index in [2.05, 4.69) is 4.57 Å². The van der Waals surface area contributed by atoms with E-state index >= 15 is 0 Å². The highest BCUT2D eigenvalue weighted by Crippen LogP contribution is 2.34. The maximum Gasteiger partial charge on any atom is 0.264 e. The number of amides is 2. The van der Waals surface area contributed by atoms with Gasteiger partial charge in [-0.25, -0.2) is 4.39 Å². The zero-order valence-corrected chi connectivity index (χ0v) is 17.6. The van der Waals surface area contributed by atoms with Crippen LogP contribution in [0.4, 0.5) is 4.39 Å². The molecule has 156 valence electrons. The number of thiophene rings is 1. The maximum atomic E-state index is 14.7. The third-order valence-corrected chi connectivity index (χ3v) is 6.26. The van der Waals surface area contributed by atoms with E-state index < -0.39 is 6.04 Å². The van der Waals surface area contributed by atoms with Crippen LogP contribution in [0.25, 0.3) is 0 Å². The summed E-state index contributed by atoms with van der Waals surface area (Å²) in [5, 5.41) is 1.85. The molecule has 0 saturated heterocycles. The average molecular weight is 426 g/mol.